The summed E-state index contributed by atoms with van der Waals surface area (Å²) in [4.78, 5) is 0. The highest BCUT2D eigenvalue weighted by atomic mass is 35.5. The first-order chi connectivity index (χ1) is 9.26. The number of aliphatic hydroxyl groups excluding tert-OH is 1. The van der Waals surface area contributed by atoms with E-state index in [4.69, 9.17) is 21.4 Å². The van der Waals surface area contributed by atoms with Gasteiger partial charge in [-0.15, -0.1) is 5.10 Å². The van der Waals surface area contributed by atoms with Crippen LogP contribution in [0.15, 0.2) is 24.4 Å². The van der Waals surface area contributed by atoms with Gasteiger partial charge in [-0.05, 0) is 30.9 Å². The predicted octanol–water partition coefficient (Wildman–Crippen LogP) is 2.20. The maximum absolute atomic E-state index is 8.99. The number of hydrogen-bond donors (Lipinski definition) is 1. The first-order valence-electron chi connectivity index (χ1n) is 6.21. The van der Waals surface area contributed by atoms with Crippen LogP contribution in [0, 0.1) is 5.92 Å². The van der Waals surface area contributed by atoms with Crippen LogP contribution in [0.5, 0.6) is 5.75 Å². The fourth-order valence-electron chi connectivity index (χ4n) is 1.73. The summed E-state index contributed by atoms with van der Waals surface area (Å²) in [5.41, 5.74) is 1.33. The number of benzene rings is 1. The highest BCUT2D eigenvalue weighted by Crippen LogP contribution is 2.32. The van der Waals surface area contributed by atoms with Crippen molar-refractivity contribution in [3.05, 3.63) is 35.1 Å². The van der Waals surface area contributed by atoms with Gasteiger partial charge in [0.2, 0.25) is 0 Å². The highest BCUT2D eigenvalue weighted by molar-refractivity contribution is 6.32. The van der Waals surface area contributed by atoms with Crippen LogP contribution in [0.2, 0.25) is 5.02 Å². The third-order valence-corrected chi connectivity index (χ3v) is 3.37. The monoisotopic (exact) mass is 279 g/mol. The van der Waals surface area contributed by atoms with Crippen molar-refractivity contribution in [1.29, 1.82) is 0 Å². The summed E-state index contributed by atoms with van der Waals surface area (Å²) in [5.74, 6) is 1.33. The van der Waals surface area contributed by atoms with Gasteiger partial charge in [-0.25, -0.2) is 4.68 Å². The third kappa shape index (κ3) is 2.88. The lowest BCUT2D eigenvalue weighted by molar-refractivity contribution is 0.276. The second kappa shape index (κ2) is 5.19. The third-order valence-electron chi connectivity index (χ3n) is 3.05. The van der Waals surface area contributed by atoms with Crippen molar-refractivity contribution in [2.75, 3.05) is 6.61 Å². The average Bonchev–Trinajstić information content (AvgIpc) is 3.13. The van der Waals surface area contributed by atoms with Crippen LogP contribution in [0.1, 0.15) is 18.5 Å². The molecule has 1 aliphatic carbocycles. The van der Waals surface area contributed by atoms with Crippen LogP contribution in [0.25, 0.3) is 5.69 Å². The molecular weight excluding hydrogens is 266 g/mol. The molecule has 2 aromatic rings. The molecule has 0 unspecified atom stereocenters. The summed E-state index contributed by atoms with van der Waals surface area (Å²) in [7, 11) is 0. The van der Waals surface area contributed by atoms with E-state index in [1.807, 2.05) is 12.1 Å². The molecule has 1 heterocycles. The molecule has 0 radical (unpaired) electrons. The molecule has 1 fully saturated rings. The molecular formula is C13H14ClN3O2. The molecule has 100 valence electrons. The number of aromatic nitrogens is 3. The molecule has 5 nitrogen and oxygen atoms in total. The SMILES string of the molecule is OCc1cn(-c2ccc(Cl)c(OCC3CC3)c2)nn1. The van der Waals surface area contributed by atoms with E-state index in [-0.39, 0.29) is 6.61 Å². The topological polar surface area (TPSA) is 60.2 Å². The molecule has 0 amide bonds. The van der Waals surface area contributed by atoms with Crippen molar-refractivity contribution >= 4 is 11.6 Å². The van der Waals surface area contributed by atoms with Crippen molar-refractivity contribution in [3.8, 4) is 11.4 Å². The maximum atomic E-state index is 8.99. The zero-order valence-electron chi connectivity index (χ0n) is 10.3. The van der Waals surface area contributed by atoms with Gasteiger partial charge in [0.05, 0.1) is 30.1 Å². The Hall–Kier alpha value is -1.59. The standard InChI is InChI=1S/C13H14ClN3O2/c14-12-4-3-11(17-6-10(7-18)15-16-17)5-13(12)19-8-9-1-2-9/h3-6,9,18H,1-2,7-8H2. The molecule has 1 saturated carbocycles. The zero-order valence-corrected chi connectivity index (χ0v) is 11.0. The number of nitrogens with zero attached hydrogens (tertiary/aromatic N) is 3. The first-order valence-corrected chi connectivity index (χ1v) is 6.59. The molecule has 1 aliphatic rings. The van der Waals surface area contributed by atoms with E-state index in [0.717, 1.165) is 5.69 Å². The van der Waals surface area contributed by atoms with Crippen molar-refractivity contribution in [3.63, 3.8) is 0 Å². The fraction of sp³-hybridized carbons (Fsp3) is 0.385. The summed E-state index contributed by atoms with van der Waals surface area (Å²) in [5, 5.41) is 17.4. The number of rotatable bonds is 5. The lowest BCUT2D eigenvalue weighted by Crippen LogP contribution is -2.01. The van der Waals surface area contributed by atoms with E-state index in [1.165, 1.54) is 12.8 Å². The quantitative estimate of drug-likeness (QED) is 0.911. The van der Waals surface area contributed by atoms with Crippen molar-refractivity contribution in [2.24, 2.45) is 5.92 Å². The fourth-order valence-corrected chi connectivity index (χ4v) is 1.91. The van der Waals surface area contributed by atoms with E-state index in [9.17, 15) is 0 Å². The number of ether oxygens (including phenoxy) is 1. The minimum absolute atomic E-state index is 0.126. The summed E-state index contributed by atoms with van der Waals surface area (Å²) >= 11 is 6.11. The smallest absolute Gasteiger partial charge is 0.140 e. The van der Waals surface area contributed by atoms with Gasteiger partial charge in [-0.2, -0.15) is 0 Å². The minimum atomic E-state index is -0.126. The molecule has 1 aromatic heterocycles. The Bertz CT molecular complexity index is 581. The molecule has 0 bridgehead atoms. The second-order valence-electron chi connectivity index (χ2n) is 4.68. The summed E-state index contributed by atoms with van der Waals surface area (Å²) < 4.78 is 7.30. The predicted molar refractivity (Wildman–Crippen MR) is 70.5 cm³/mol. The van der Waals surface area contributed by atoms with Crippen LogP contribution < -0.4 is 4.74 Å². The summed E-state index contributed by atoms with van der Waals surface area (Å²) in [6.45, 7) is 0.584. The lowest BCUT2D eigenvalue weighted by atomic mass is 10.3. The van der Waals surface area contributed by atoms with Crippen LogP contribution in [-0.2, 0) is 6.61 Å². The maximum Gasteiger partial charge on any atom is 0.140 e. The number of halogens is 1. The molecule has 19 heavy (non-hydrogen) atoms. The van der Waals surface area contributed by atoms with E-state index < -0.39 is 0 Å². The van der Waals surface area contributed by atoms with E-state index >= 15 is 0 Å². The molecule has 0 spiro atoms. The lowest BCUT2D eigenvalue weighted by Gasteiger charge is -2.09. The van der Waals surface area contributed by atoms with Crippen molar-refractivity contribution in [1.82, 2.24) is 15.0 Å². The summed E-state index contributed by atoms with van der Waals surface area (Å²) in [6.07, 6.45) is 4.15. The Kier molecular flexibility index (Phi) is 3.40. The number of hydrogen-bond acceptors (Lipinski definition) is 4. The van der Waals surface area contributed by atoms with E-state index in [0.29, 0.717) is 29.0 Å². The van der Waals surface area contributed by atoms with Gasteiger partial charge in [0.1, 0.15) is 11.4 Å². The average molecular weight is 280 g/mol. The Morgan fingerprint density at radius 2 is 2.26 bits per heavy atom. The molecule has 0 aliphatic heterocycles. The van der Waals surface area contributed by atoms with Gasteiger partial charge >= 0.3 is 0 Å². The molecule has 0 atom stereocenters. The normalized spacial score (nSPS) is 14.6. The minimum Gasteiger partial charge on any atom is -0.492 e. The van der Waals surface area contributed by atoms with Crippen LogP contribution in [0.3, 0.4) is 0 Å². The Labute approximate surface area is 115 Å². The highest BCUT2D eigenvalue weighted by Gasteiger charge is 2.22. The molecule has 0 saturated heterocycles. The first kappa shape index (κ1) is 12.4. The molecule has 6 heteroatoms. The zero-order chi connectivity index (χ0) is 13.2. The Balaban J connectivity index is 1.82. The van der Waals surface area contributed by atoms with Crippen LogP contribution >= 0.6 is 11.6 Å². The summed E-state index contributed by atoms with van der Waals surface area (Å²) in [6, 6.07) is 5.45. The van der Waals surface area contributed by atoms with Crippen LogP contribution in [0.4, 0.5) is 0 Å². The van der Waals surface area contributed by atoms with Crippen molar-refractivity contribution < 1.29 is 9.84 Å². The largest absolute Gasteiger partial charge is 0.492 e. The van der Waals surface area contributed by atoms with Gasteiger partial charge in [0, 0.05) is 6.07 Å². The van der Waals surface area contributed by atoms with E-state index in [1.54, 1.807) is 16.9 Å². The van der Waals surface area contributed by atoms with Gasteiger partial charge < -0.3 is 9.84 Å². The number of aliphatic hydroxyl groups is 1. The Morgan fingerprint density at radius 3 is 2.95 bits per heavy atom. The van der Waals surface area contributed by atoms with Crippen LogP contribution in [-0.4, -0.2) is 26.7 Å². The Morgan fingerprint density at radius 1 is 1.42 bits per heavy atom. The van der Waals surface area contributed by atoms with E-state index in [2.05, 4.69) is 10.3 Å². The van der Waals surface area contributed by atoms with Gasteiger partial charge in [-0.3, -0.25) is 0 Å². The van der Waals surface area contributed by atoms with Crippen molar-refractivity contribution in [2.45, 2.75) is 19.4 Å². The molecule has 1 aromatic carbocycles. The van der Waals surface area contributed by atoms with Gasteiger partial charge in [0.15, 0.2) is 0 Å². The molecule has 1 N–H and O–H groups in total. The molecule has 3 rings (SSSR count). The second-order valence-corrected chi connectivity index (χ2v) is 5.09. The van der Waals surface area contributed by atoms with Gasteiger partial charge in [0.25, 0.3) is 0 Å². The van der Waals surface area contributed by atoms with Gasteiger partial charge in [-0.1, -0.05) is 16.8 Å².